The molecule has 3 aliphatic rings. The van der Waals surface area contributed by atoms with E-state index < -0.39 is 205 Å². The first-order chi connectivity index (χ1) is 48.1. The number of amides is 3. The van der Waals surface area contributed by atoms with Gasteiger partial charge in [0.2, 0.25) is 17.7 Å². The molecule has 2 unspecified atom stereocenters. The van der Waals surface area contributed by atoms with Gasteiger partial charge in [0.15, 0.2) is 0 Å². The van der Waals surface area contributed by atoms with Crippen LogP contribution in [0.1, 0.15) is 219 Å². The monoisotopic (exact) mass is 1480 g/mol. The smallest absolute Gasteiger partial charge is 0.472 e. The average Bonchev–Trinajstić information content (AvgIpc) is 0.759. The maximum atomic E-state index is 13.9. The minimum absolute atomic E-state index is 0.0455. The number of carboxylic acid groups (broad SMARTS) is 2. The van der Waals surface area contributed by atoms with Crippen molar-refractivity contribution in [3.63, 3.8) is 0 Å². The number of phosphoric acid groups is 1. The van der Waals surface area contributed by atoms with Gasteiger partial charge in [0.1, 0.15) is 86.5 Å². The van der Waals surface area contributed by atoms with Gasteiger partial charge in [0, 0.05) is 33.5 Å². The molecule has 1 aliphatic carbocycles. The Balaban J connectivity index is 1.76. The molecule has 2 saturated heterocycles. The van der Waals surface area contributed by atoms with Crippen LogP contribution in [-0.2, 0) is 66.0 Å². The molecule has 3 amide bonds. The minimum Gasteiger partial charge on any atom is -0.477 e. The van der Waals surface area contributed by atoms with Gasteiger partial charge in [0.05, 0.1) is 56.3 Å². The van der Waals surface area contributed by atoms with Gasteiger partial charge in [-0.3, -0.25) is 23.4 Å². The molecule has 0 spiro atoms. The highest BCUT2D eigenvalue weighted by Gasteiger charge is 2.62. The van der Waals surface area contributed by atoms with Crippen LogP contribution in [-0.4, -0.2) is 275 Å². The molecule has 2 heterocycles. The summed E-state index contributed by atoms with van der Waals surface area (Å²) in [5.41, 5.74) is 0. The largest absolute Gasteiger partial charge is 0.477 e. The van der Waals surface area contributed by atoms with Gasteiger partial charge in [-0.2, -0.15) is 0 Å². The molecule has 1 saturated carbocycles. The van der Waals surface area contributed by atoms with Crippen molar-refractivity contribution in [1.29, 1.82) is 0 Å². The first kappa shape index (κ1) is 91.7. The van der Waals surface area contributed by atoms with Crippen molar-refractivity contribution in [2.45, 2.75) is 341 Å². The number of aliphatic hydroxyl groups excluding tert-OH is 12. The third kappa shape index (κ3) is 31.8. The molecule has 0 aromatic rings. The van der Waals surface area contributed by atoms with Gasteiger partial charge in [-0.05, 0) is 19.3 Å². The Morgan fingerprint density at radius 3 is 1.38 bits per heavy atom. The summed E-state index contributed by atoms with van der Waals surface area (Å²) < 4.78 is 56.4. The Kier molecular flexibility index (Phi) is 44.8. The van der Waals surface area contributed by atoms with Crippen molar-refractivity contribution in [3.05, 3.63) is 12.2 Å². The summed E-state index contributed by atoms with van der Waals surface area (Å²) in [5.74, 6) is -13.8. The second-order valence-electron chi connectivity index (χ2n) is 27.2. The number of ether oxygens (including phenoxy) is 6. The molecule has 21 atom stereocenters. The van der Waals surface area contributed by atoms with Crippen LogP contribution < -0.4 is 16.0 Å². The van der Waals surface area contributed by atoms with Crippen molar-refractivity contribution in [2.75, 3.05) is 47.3 Å². The second-order valence-corrected chi connectivity index (χ2v) is 28.6. The lowest BCUT2D eigenvalue weighted by molar-refractivity contribution is -0.350. The first-order valence-corrected chi connectivity index (χ1v) is 38.0. The number of aliphatic carboxylic acids is 2. The molecule has 2 aliphatic heterocycles. The number of methoxy groups -OCH3 is 2. The van der Waals surface area contributed by atoms with E-state index in [-0.39, 0.29) is 6.42 Å². The molecular weight excluding hydrogens is 1350 g/mol. The number of hydrogen-bond donors (Lipinski definition) is 18. The van der Waals surface area contributed by atoms with Gasteiger partial charge in [-0.1, -0.05) is 193 Å². The fourth-order valence-corrected chi connectivity index (χ4v) is 13.8. The first-order valence-electron chi connectivity index (χ1n) is 36.5. The molecule has 18 N–H and O–H groups in total. The van der Waals surface area contributed by atoms with E-state index in [0.717, 1.165) is 84.8 Å². The van der Waals surface area contributed by atoms with E-state index in [2.05, 4.69) is 29.8 Å². The van der Waals surface area contributed by atoms with Crippen LogP contribution in [0.2, 0.25) is 0 Å². The van der Waals surface area contributed by atoms with E-state index in [9.17, 15) is 105 Å². The zero-order chi connectivity index (χ0) is 75.1. The van der Waals surface area contributed by atoms with Crippen LogP contribution in [0.4, 0.5) is 0 Å². The van der Waals surface area contributed by atoms with Crippen LogP contribution in [0.25, 0.3) is 0 Å². The normalized spacial score (nSPS) is 28.7. The minimum atomic E-state index is -5.63. The third-order valence-electron chi connectivity index (χ3n) is 18.8. The van der Waals surface area contributed by atoms with E-state index in [1.54, 1.807) is 6.08 Å². The van der Waals surface area contributed by atoms with Gasteiger partial charge in [-0.25, -0.2) is 14.2 Å². The molecular formula is C68H124N3O29P. The summed E-state index contributed by atoms with van der Waals surface area (Å²) in [6.07, 6.45) is -0.695. The Labute approximate surface area is 593 Å². The SMILES string of the molecule is CCCCCCCCCCC/C=C/[C@@H](O)[C@H](COP(=O)(O)O[C@@H]1[C@H](O)[C@H](O[C@]2(C(=O)O)C[C@H](O)C(NC(=O)CO[C@]3(C(=O)O)C[C@H](O)[C@@H](NC(=O)CO)[C@H]([C@H](O)[C@H](O)COC)O3)[C@H]([C@H](O)[C@H](O)COC)O2)[C@@H](O)[C@H](O)[C@H]1O)NC(=O)CCCCCCCCCCCCCCCCCCCCC. The summed E-state index contributed by atoms with van der Waals surface area (Å²) in [7, 11) is -3.43. The zero-order valence-corrected chi connectivity index (χ0v) is 60.5. The lowest BCUT2D eigenvalue weighted by Gasteiger charge is -2.50. The zero-order valence-electron chi connectivity index (χ0n) is 59.6. The van der Waals surface area contributed by atoms with E-state index in [0.29, 0.717) is 12.8 Å². The van der Waals surface area contributed by atoms with E-state index >= 15 is 0 Å². The van der Waals surface area contributed by atoms with Crippen LogP contribution in [0.15, 0.2) is 12.2 Å². The quantitative estimate of drug-likeness (QED) is 0.0235. The molecule has 0 bridgehead atoms. The summed E-state index contributed by atoms with van der Waals surface area (Å²) in [6.45, 7) is -0.413. The maximum Gasteiger partial charge on any atom is 0.472 e. The number of carbonyl (C=O) groups excluding carboxylic acids is 3. The maximum absolute atomic E-state index is 13.9. The summed E-state index contributed by atoms with van der Waals surface area (Å²) in [6, 6.07) is -5.17. The summed E-state index contributed by atoms with van der Waals surface area (Å²) >= 11 is 0. The number of aliphatic hydroxyl groups is 12. The second kappa shape index (κ2) is 49.4. The van der Waals surface area contributed by atoms with Gasteiger partial charge in [-0.15, -0.1) is 0 Å². The van der Waals surface area contributed by atoms with Crippen LogP contribution in [0, 0.1) is 0 Å². The Bertz CT molecular complexity index is 2410. The van der Waals surface area contributed by atoms with E-state index in [1.807, 2.05) is 0 Å². The number of rotatable bonds is 56. The molecule has 590 valence electrons. The number of hydrogen-bond acceptors (Lipinski definition) is 26. The number of carboxylic acids is 2. The lowest BCUT2D eigenvalue weighted by Crippen LogP contribution is -2.71. The number of nitrogens with one attached hydrogen (secondary N) is 3. The highest BCUT2D eigenvalue weighted by atomic mass is 31.2. The topological polar surface area (TPSA) is 516 Å². The number of allylic oxidation sites excluding steroid dienone is 1. The van der Waals surface area contributed by atoms with Crippen LogP contribution in [0.3, 0.4) is 0 Å². The predicted octanol–water partition coefficient (Wildman–Crippen LogP) is 2.05. The molecule has 0 radical (unpaired) electrons. The van der Waals surface area contributed by atoms with Crippen molar-refractivity contribution in [2.24, 2.45) is 0 Å². The third-order valence-corrected chi connectivity index (χ3v) is 19.8. The van der Waals surface area contributed by atoms with Crippen molar-refractivity contribution in [1.82, 2.24) is 16.0 Å². The van der Waals surface area contributed by atoms with Gasteiger partial charge < -0.3 is 121 Å². The highest BCUT2D eigenvalue weighted by Crippen LogP contribution is 2.48. The lowest BCUT2D eigenvalue weighted by atomic mass is 9.84. The van der Waals surface area contributed by atoms with Gasteiger partial charge >= 0.3 is 19.8 Å². The standard InChI is InChI=1S/C68H124N3O29P/c1-5-7-9-11-13-15-17-18-19-20-21-22-23-24-26-28-30-32-34-36-50(78)69-44(45(73)35-33-31-29-27-25-16-14-12-10-8-6-2)40-96-101(91,92)100-64-59(85)57(83)58(84)63(60(64)86)99-68(66(89)90)38-47(75)54(62(98-68)56(82)49(77)42-94-4)71-52(80)43-95-67(65(87)88)37-46(74)53(70-51(79)39-72)61(97-67)55(81)48(76)41-93-3/h33,35,44-49,53-64,72-77,81-86H,5-32,34,36-43H2,1-4H3,(H,69,78)(H,70,79)(H,71,80)(H,87,88)(H,89,90)(H,91,92)/b35-33+/t44-,45+,46-,47-,48+,49+,53+,54?,55+,56+,57-,58-,59+,60+,61+,62+,63+,64-,67+,68-/m0/s1. The van der Waals surface area contributed by atoms with Crippen molar-refractivity contribution < 1.29 is 142 Å². The fraction of sp³-hybridized carbons (Fsp3) is 0.897. The molecule has 32 nitrogen and oxygen atoms in total. The molecule has 33 heteroatoms. The predicted molar refractivity (Wildman–Crippen MR) is 363 cm³/mol. The average molecular weight is 1480 g/mol. The summed E-state index contributed by atoms with van der Waals surface area (Å²) in [4.78, 5) is 76.8. The molecule has 0 aromatic heterocycles. The Morgan fingerprint density at radius 1 is 0.535 bits per heavy atom. The Hall–Kier alpha value is -3.52. The van der Waals surface area contributed by atoms with Gasteiger partial charge in [0.25, 0.3) is 11.6 Å². The number of phosphoric ester groups is 1. The van der Waals surface area contributed by atoms with E-state index in [1.165, 1.54) is 109 Å². The highest BCUT2D eigenvalue weighted by molar-refractivity contribution is 7.47. The van der Waals surface area contributed by atoms with Crippen molar-refractivity contribution in [3.8, 4) is 0 Å². The van der Waals surface area contributed by atoms with Crippen LogP contribution >= 0.6 is 7.82 Å². The van der Waals surface area contributed by atoms with Crippen LogP contribution in [0.5, 0.6) is 0 Å². The fourth-order valence-electron chi connectivity index (χ4n) is 12.9. The number of unbranched alkanes of at least 4 members (excludes halogenated alkanes) is 27. The molecule has 3 fully saturated rings. The van der Waals surface area contributed by atoms with Crippen molar-refractivity contribution >= 4 is 37.5 Å². The molecule has 101 heavy (non-hydrogen) atoms. The Morgan fingerprint density at radius 2 is 0.941 bits per heavy atom. The number of carbonyl (C=O) groups is 5. The summed E-state index contributed by atoms with van der Waals surface area (Å²) in [5, 5.41) is 161. The van der Waals surface area contributed by atoms with E-state index in [4.69, 9.17) is 37.5 Å². The molecule has 0 aromatic carbocycles. The molecule has 3 rings (SSSR count).